The van der Waals surface area contributed by atoms with E-state index in [0.29, 0.717) is 18.4 Å². The van der Waals surface area contributed by atoms with Crippen molar-refractivity contribution >= 4 is 11.3 Å². The van der Waals surface area contributed by atoms with Crippen molar-refractivity contribution in [3.63, 3.8) is 0 Å². The fraction of sp³-hybridized carbons (Fsp3) is 0.368. The van der Waals surface area contributed by atoms with E-state index >= 15 is 0 Å². The Morgan fingerprint density at radius 1 is 1.23 bits per heavy atom. The zero-order chi connectivity index (χ0) is 18.5. The Morgan fingerprint density at radius 3 is 2.77 bits per heavy atom. The lowest BCUT2D eigenvalue weighted by atomic mass is 10.1. The minimum atomic E-state index is -0.00576. The highest BCUT2D eigenvalue weighted by Crippen LogP contribution is 2.30. The maximum atomic E-state index is 5.85. The molecule has 0 spiro atoms. The van der Waals surface area contributed by atoms with Gasteiger partial charge >= 0.3 is 0 Å². The monoisotopic (exact) mass is 373 g/mol. The second-order valence-corrected chi connectivity index (χ2v) is 6.88. The predicted molar refractivity (Wildman–Crippen MR) is 102 cm³/mol. The molecule has 0 saturated heterocycles. The molecule has 2 aromatic heterocycles. The second-order valence-electron chi connectivity index (χ2n) is 5.93. The second kappa shape index (κ2) is 8.33. The van der Waals surface area contributed by atoms with Gasteiger partial charge in [0.1, 0.15) is 0 Å². The van der Waals surface area contributed by atoms with Gasteiger partial charge in [-0.3, -0.25) is 4.90 Å². The van der Waals surface area contributed by atoms with Crippen LogP contribution in [-0.4, -0.2) is 35.9 Å². The van der Waals surface area contributed by atoms with Crippen LogP contribution in [0.25, 0.3) is 10.8 Å². The third-order valence-electron chi connectivity index (χ3n) is 4.15. The first-order valence-corrected chi connectivity index (χ1v) is 9.37. The first kappa shape index (κ1) is 18.4. The van der Waals surface area contributed by atoms with Crippen molar-refractivity contribution in [1.82, 2.24) is 15.1 Å². The number of ether oxygens (including phenoxy) is 2. The van der Waals surface area contributed by atoms with Gasteiger partial charge in [-0.15, -0.1) is 21.5 Å². The van der Waals surface area contributed by atoms with Gasteiger partial charge in [0.05, 0.1) is 24.6 Å². The lowest BCUT2D eigenvalue weighted by Crippen LogP contribution is -2.22. The Balaban J connectivity index is 1.70. The van der Waals surface area contributed by atoms with Crippen LogP contribution in [0.4, 0.5) is 0 Å². The topological polar surface area (TPSA) is 60.6 Å². The summed E-state index contributed by atoms with van der Waals surface area (Å²) in [5.74, 6) is 2.67. The van der Waals surface area contributed by atoms with Gasteiger partial charge in [0, 0.05) is 6.54 Å². The summed E-state index contributed by atoms with van der Waals surface area (Å²) in [4.78, 5) is 3.13. The number of methoxy groups -OCH3 is 1. The molecule has 2 heterocycles. The molecule has 0 bridgehead atoms. The molecule has 0 fully saturated rings. The highest BCUT2D eigenvalue weighted by Gasteiger charge is 2.20. The minimum Gasteiger partial charge on any atom is -0.493 e. The average Bonchev–Trinajstić information content (AvgIpc) is 3.33. The third-order valence-corrected chi connectivity index (χ3v) is 5.01. The maximum absolute atomic E-state index is 5.85. The quantitative estimate of drug-likeness (QED) is 0.583. The van der Waals surface area contributed by atoms with E-state index in [1.165, 1.54) is 0 Å². The molecule has 0 aliphatic rings. The third kappa shape index (κ3) is 4.05. The van der Waals surface area contributed by atoms with Crippen LogP contribution in [0.15, 0.2) is 40.1 Å². The fourth-order valence-electron chi connectivity index (χ4n) is 2.60. The van der Waals surface area contributed by atoms with Gasteiger partial charge < -0.3 is 13.9 Å². The van der Waals surface area contributed by atoms with Gasteiger partial charge in [0.2, 0.25) is 5.89 Å². The standard InChI is InChI=1S/C19H23N3O3S/c1-5-24-15-9-8-14(11-16(15)23-4)12-22(3)13(2)18-20-21-19(25-18)17-7-6-10-26-17/h6-11,13H,5,12H2,1-4H3/t13-/m0/s1. The average molecular weight is 373 g/mol. The summed E-state index contributed by atoms with van der Waals surface area (Å²) in [6, 6.07) is 9.92. The molecular weight excluding hydrogens is 350 g/mol. The predicted octanol–water partition coefficient (Wildman–Crippen LogP) is 4.40. The zero-order valence-electron chi connectivity index (χ0n) is 15.4. The van der Waals surface area contributed by atoms with Gasteiger partial charge in [0.25, 0.3) is 5.89 Å². The number of aromatic nitrogens is 2. The molecule has 0 aliphatic heterocycles. The van der Waals surface area contributed by atoms with Crippen LogP contribution in [-0.2, 0) is 6.54 Å². The molecule has 7 heteroatoms. The number of thiophene rings is 1. The molecule has 1 aromatic carbocycles. The molecule has 6 nitrogen and oxygen atoms in total. The van der Waals surface area contributed by atoms with Gasteiger partial charge in [-0.05, 0) is 50.0 Å². The molecule has 0 aliphatic carbocycles. The summed E-state index contributed by atoms with van der Waals surface area (Å²) < 4.78 is 16.8. The number of benzene rings is 1. The van der Waals surface area contributed by atoms with E-state index in [2.05, 4.69) is 22.0 Å². The number of hydrogen-bond acceptors (Lipinski definition) is 7. The van der Waals surface area contributed by atoms with Crippen LogP contribution >= 0.6 is 11.3 Å². The normalized spacial score (nSPS) is 12.3. The lowest BCUT2D eigenvalue weighted by Gasteiger charge is -2.22. The van der Waals surface area contributed by atoms with Crippen molar-refractivity contribution in [2.45, 2.75) is 26.4 Å². The first-order valence-electron chi connectivity index (χ1n) is 8.49. The SMILES string of the molecule is CCOc1ccc(CN(C)[C@@H](C)c2nnc(-c3cccs3)o2)cc1OC. The maximum Gasteiger partial charge on any atom is 0.257 e. The Hall–Kier alpha value is -2.38. The Kier molecular flexibility index (Phi) is 5.90. The van der Waals surface area contributed by atoms with Crippen molar-refractivity contribution in [3.8, 4) is 22.3 Å². The van der Waals surface area contributed by atoms with Crippen LogP contribution in [0.3, 0.4) is 0 Å². The highest BCUT2D eigenvalue weighted by atomic mass is 32.1. The highest BCUT2D eigenvalue weighted by molar-refractivity contribution is 7.13. The van der Waals surface area contributed by atoms with Crippen LogP contribution in [0, 0.1) is 0 Å². The summed E-state index contributed by atoms with van der Waals surface area (Å²) >= 11 is 1.59. The van der Waals surface area contributed by atoms with Crippen LogP contribution in [0.5, 0.6) is 11.5 Å². The van der Waals surface area contributed by atoms with E-state index in [-0.39, 0.29) is 6.04 Å². The Bertz CT molecular complexity index is 832. The number of rotatable bonds is 8. The van der Waals surface area contributed by atoms with E-state index in [1.807, 2.05) is 49.7 Å². The Labute approximate surface area is 157 Å². The molecule has 0 unspecified atom stereocenters. The molecule has 26 heavy (non-hydrogen) atoms. The molecule has 0 amide bonds. The minimum absolute atomic E-state index is 0.00576. The largest absolute Gasteiger partial charge is 0.493 e. The van der Waals surface area contributed by atoms with Crippen molar-refractivity contribution in [2.24, 2.45) is 0 Å². The van der Waals surface area contributed by atoms with Crippen LogP contribution in [0.1, 0.15) is 31.3 Å². The Morgan fingerprint density at radius 2 is 2.08 bits per heavy atom. The molecule has 1 atom stereocenters. The molecule has 3 rings (SSSR count). The van der Waals surface area contributed by atoms with Gasteiger partial charge in [-0.25, -0.2) is 0 Å². The van der Waals surface area contributed by atoms with Crippen LogP contribution in [0.2, 0.25) is 0 Å². The van der Waals surface area contributed by atoms with Crippen molar-refractivity contribution in [1.29, 1.82) is 0 Å². The zero-order valence-corrected chi connectivity index (χ0v) is 16.2. The van der Waals surface area contributed by atoms with E-state index < -0.39 is 0 Å². The molecule has 3 aromatic rings. The number of hydrogen-bond donors (Lipinski definition) is 0. The summed E-state index contributed by atoms with van der Waals surface area (Å²) in [7, 11) is 3.68. The van der Waals surface area contributed by atoms with Gasteiger partial charge in [-0.1, -0.05) is 12.1 Å². The van der Waals surface area contributed by atoms with Crippen LogP contribution < -0.4 is 9.47 Å². The van der Waals surface area contributed by atoms with Crippen molar-refractivity contribution < 1.29 is 13.9 Å². The summed E-state index contributed by atoms with van der Waals surface area (Å²) in [5.41, 5.74) is 1.12. The van der Waals surface area contributed by atoms with Crippen molar-refractivity contribution in [2.75, 3.05) is 20.8 Å². The molecular formula is C19H23N3O3S. The van der Waals surface area contributed by atoms with E-state index in [1.54, 1.807) is 18.4 Å². The van der Waals surface area contributed by atoms with Gasteiger partial charge in [0.15, 0.2) is 11.5 Å². The van der Waals surface area contributed by atoms with E-state index in [9.17, 15) is 0 Å². The lowest BCUT2D eigenvalue weighted by molar-refractivity contribution is 0.217. The first-order chi connectivity index (χ1) is 12.6. The number of nitrogens with zero attached hydrogens (tertiary/aromatic N) is 3. The fourth-order valence-corrected chi connectivity index (χ4v) is 3.25. The molecule has 0 saturated carbocycles. The van der Waals surface area contributed by atoms with E-state index in [0.717, 1.165) is 28.5 Å². The summed E-state index contributed by atoms with van der Waals surface area (Å²) in [6.07, 6.45) is 0. The van der Waals surface area contributed by atoms with Crippen molar-refractivity contribution in [3.05, 3.63) is 47.2 Å². The van der Waals surface area contributed by atoms with Gasteiger partial charge in [-0.2, -0.15) is 0 Å². The smallest absolute Gasteiger partial charge is 0.257 e. The molecule has 138 valence electrons. The summed E-state index contributed by atoms with van der Waals surface area (Å²) in [5, 5.41) is 10.4. The summed E-state index contributed by atoms with van der Waals surface area (Å²) in [6.45, 7) is 5.34. The molecule has 0 radical (unpaired) electrons. The van der Waals surface area contributed by atoms with E-state index in [4.69, 9.17) is 13.9 Å². The molecule has 0 N–H and O–H groups in total.